The Labute approximate surface area is 165 Å². The Morgan fingerprint density at radius 1 is 0.929 bits per heavy atom. The molecule has 1 aliphatic heterocycles. The van der Waals surface area contributed by atoms with Gasteiger partial charge < -0.3 is 10.2 Å². The zero-order chi connectivity index (χ0) is 18.8. The van der Waals surface area contributed by atoms with Crippen LogP contribution in [0.1, 0.15) is 30.5 Å². The fourth-order valence-electron chi connectivity index (χ4n) is 4.36. The van der Waals surface area contributed by atoms with Crippen LogP contribution in [0.25, 0.3) is 11.4 Å². The number of nitrogens with zero attached hydrogens (tertiary/aromatic N) is 4. The molecule has 5 nitrogen and oxygen atoms in total. The summed E-state index contributed by atoms with van der Waals surface area (Å²) in [5.41, 5.74) is 4.83. The zero-order valence-electron chi connectivity index (χ0n) is 16.0. The van der Waals surface area contributed by atoms with Gasteiger partial charge in [-0.15, -0.1) is 0 Å². The normalized spacial score (nSPS) is 18.7. The average Bonchev–Trinajstić information content (AvgIpc) is 3.23. The van der Waals surface area contributed by atoms with Crippen LogP contribution in [0.15, 0.2) is 54.9 Å². The van der Waals surface area contributed by atoms with Gasteiger partial charge in [0.2, 0.25) is 0 Å². The molecular weight excluding hydrogens is 346 g/mol. The van der Waals surface area contributed by atoms with Crippen molar-refractivity contribution in [1.29, 1.82) is 0 Å². The minimum Gasteiger partial charge on any atom is -0.381 e. The summed E-state index contributed by atoms with van der Waals surface area (Å²) >= 11 is 0. The third-order valence-corrected chi connectivity index (χ3v) is 5.72. The number of fused-ring (bicyclic) bond motifs is 1. The maximum Gasteiger partial charge on any atom is 0.161 e. The number of nitrogens with one attached hydrogen (secondary N) is 1. The number of piperidine rings is 1. The summed E-state index contributed by atoms with van der Waals surface area (Å²) in [6.07, 6.45) is 9.32. The average molecular weight is 371 g/mol. The molecule has 28 heavy (non-hydrogen) atoms. The highest BCUT2D eigenvalue weighted by atomic mass is 15.2. The maximum absolute atomic E-state index is 5.04. The van der Waals surface area contributed by atoms with Crippen molar-refractivity contribution in [3.8, 4) is 11.4 Å². The van der Waals surface area contributed by atoms with Crippen LogP contribution in [0.3, 0.4) is 0 Å². The van der Waals surface area contributed by atoms with Crippen LogP contribution in [0.5, 0.6) is 0 Å². The quantitative estimate of drug-likeness (QED) is 0.748. The Hall–Kier alpha value is -2.95. The van der Waals surface area contributed by atoms with Crippen molar-refractivity contribution in [1.82, 2.24) is 15.0 Å². The highest BCUT2D eigenvalue weighted by molar-refractivity contribution is 5.61. The summed E-state index contributed by atoms with van der Waals surface area (Å²) in [6.45, 7) is 2.04. The minimum absolute atomic E-state index is 0.438. The van der Waals surface area contributed by atoms with E-state index in [-0.39, 0.29) is 0 Å². The molecule has 0 saturated carbocycles. The molecule has 1 saturated heterocycles. The van der Waals surface area contributed by atoms with E-state index in [0.717, 1.165) is 43.1 Å². The first-order valence-electron chi connectivity index (χ1n) is 10.2. The third kappa shape index (κ3) is 3.44. The Bertz CT molecular complexity index is 942. The van der Waals surface area contributed by atoms with Gasteiger partial charge in [-0.1, -0.05) is 18.2 Å². The van der Waals surface area contributed by atoms with Crippen molar-refractivity contribution in [3.63, 3.8) is 0 Å². The van der Waals surface area contributed by atoms with Crippen molar-refractivity contribution in [2.45, 2.75) is 38.1 Å². The lowest BCUT2D eigenvalue weighted by Gasteiger charge is -2.35. The third-order valence-electron chi connectivity index (χ3n) is 5.72. The first-order valence-corrected chi connectivity index (χ1v) is 10.2. The van der Waals surface area contributed by atoms with Gasteiger partial charge in [0.1, 0.15) is 5.82 Å². The molecule has 0 amide bonds. The molecule has 1 fully saturated rings. The highest BCUT2D eigenvalue weighted by Gasteiger charge is 2.27. The van der Waals surface area contributed by atoms with E-state index in [1.807, 2.05) is 24.5 Å². The van der Waals surface area contributed by atoms with Crippen LogP contribution in [-0.2, 0) is 12.8 Å². The number of hydrogen-bond acceptors (Lipinski definition) is 5. The number of hydrogen-bond donors (Lipinski definition) is 1. The second-order valence-corrected chi connectivity index (χ2v) is 7.68. The summed E-state index contributed by atoms with van der Waals surface area (Å²) in [7, 11) is 0. The van der Waals surface area contributed by atoms with E-state index in [1.54, 1.807) is 0 Å². The molecule has 3 heterocycles. The number of aromatic nitrogens is 3. The molecule has 2 aromatic heterocycles. The molecule has 1 N–H and O–H groups in total. The summed E-state index contributed by atoms with van der Waals surface area (Å²) in [5, 5.41) is 3.70. The van der Waals surface area contributed by atoms with Crippen LogP contribution in [0.2, 0.25) is 0 Å². The topological polar surface area (TPSA) is 53.9 Å². The molecule has 3 aromatic rings. The predicted octanol–water partition coefficient (Wildman–Crippen LogP) is 4.11. The lowest BCUT2D eigenvalue weighted by molar-refractivity contribution is 0.525. The van der Waals surface area contributed by atoms with Gasteiger partial charge in [0.25, 0.3) is 0 Å². The summed E-state index contributed by atoms with van der Waals surface area (Å²) in [5.74, 6) is 1.98. The second kappa shape index (κ2) is 7.58. The first kappa shape index (κ1) is 17.2. The Morgan fingerprint density at radius 3 is 2.64 bits per heavy atom. The Morgan fingerprint density at radius 2 is 1.79 bits per heavy atom. The van der Waals surface area contributed by atoms with Gasteiger partial charge in [-0.3, -0.25) is 4.98 Å². The number of pyridine rings is 1. The lowest BCUT2D eigenvalue weighted by Crippen LogP contribution is -2.43. The largest absolute Gasteiger partial charge is 0.381 e. The van der Waals surface area contributed by atoms with Crippen molar-refractivity contribution in [2.24, 2.45) is 0 Å². The van der Waals surface area contributed by atoms with Crippen LogP contribution >= 0.6 is 0 Å². The first-order chi connectivity index (χ1) is 13.9. The smallest absolute Gasteiger partial charge is 0.161 e. The van der Waals surface area contributed by atoms with Gasteiger partial charge in [-0.25, -0.2) is 9.97 Å². The van der Waals surface area contributed by atoms with Crippen LogP contribution in [-0.4, -0.2) is 34.1 Å². The molecule has 0 bridgehead atoms. The number of benzene rings is 1. The van der Waals surface area contributed by atoms with Crippen LogP contribution in [0, 0.1) is 0 Å². The SMILES string of the molecule is c1ccc(NC2CCCN(c3nc(-c4ccncc4)nc4c3CCC4)C2)cc1. The number of para-hydroxylation sites is 1. The van der Waals surface area contributed by atoms with E-state index < -0.39 is 0 Å². The van der Waals surface area contributed by atoms with Crippen molar-refractivity contribution >= 4 is 11.5 Å². The van der Waals surface area contributed by atoms with E-state index in [0.29, 0.717) is 6.04 Å². The van der Waals surface area contributed by atoms with Crippen molar-refractivity contribution in [3.05, 3.63) is 66.1 Å². The molecule has 5 rings (SSSR count). The number of rotatable bonds is 4. The molecule has 0 radical (unpaired) electrons. The van der Waals surface area contributed by atoms with E-state index in [1.165, 1.54) is 36.2 Å². The van der Waals surface area contributed by atoms with Crippen molar-refractivity contribution in [2.75, 3.05) is 23.3 Å². The van der Waals surface area contributed by atoms with Gasteiger partial charge in [-0.2, -0.15) is 0 Å². The van der Waals surface area contributed by atoms with Crippen LogP contribution < -0.4 is 10.2 Å². The highest BCUT2D eigenvalue weighted by Crippen LogP contribution is 2.33. The standard InChI is InChI=1S/C23H25N5/c1-2-6-18(7-3-1)25-19-8-5-15-28(16-19)23-20-9-4-10-21(20)26-22(27-23)17-11-13-24-14-12-17/h1-3,6-7,11-14,19,25H,4-5,8-10,15-16H2. The van der Waals surface area contributed by atoms with Gasteiger partial charge in [0, 0.05) is 54.0 Å². The molecule has 1 atom stereocenters. The lowest BCUT2D eigenvalue weighted by atomic mass is 10.0. The molecule has 0 spiro atoms. The number of anilines is 2. The molecule has 5 heteroatoms. The van der Waals surface area contributed by atoms with Gasteiger partial charge >= 0.3 is 0 Å². The van der Waals surface area contributed by atoms with Crippen molar-refractivity contribution < 1.29 is 0 Å². The molecule has 142 valence electrons. The Kier molecular flexibility index (Phi) is 4.65. The van der Waals surface area contributed by atoms with E-state index in [2.05, 4.69) is 45.5 Å². The fraction of sp³-hybridized carbons (Fsp3) is 0.348. The molecular formula is C23H25N5. The second-order valence-electron chi connectivity index (χ2n) is 7.68. The monoisotopic (exact) mass is 371 g/mol. The summed E-state index contributed by atoms with van der Waals surface area (Å²) in [4.78, 5) is 16.5. The maximum atomic E-state index is 5.04. The summed E-state index contributed by atoms with van der Waals surface area (Å²) in [6, 6.07) is 14.9. The molecule has 1 unspecified atom stereocenters. The molecule has 2 aliphatic rings. The summed E-state index contributed by atoms with van der Waals surface area (Å²) < 4.78 is 0. The van der Waals surface area contributed by atoms with Crippen LogP contribution in [0.4, 0.5) is 11.5 Å². The van der Waals surface area contributed by atoms with E-state index in [4.69, 9.17) is 9.97 Å². The predicted molar refractivity (Wildman–Crippen MR) is 113 cm³/mol. The molecule has 1 aliphatic carbocycles. The van der Waals surface area contributed by atoms with Gasteiger partial charge in [-0.05, 0) is 56.4 Å². The number of aryl methyl sites for hydroxylation is 1. The zero-order valence-corrected chi connectivity index (χ0v) is 16.0. The van der Waals surface area contributed by atoms with Gasteiger partial charge in [0.15, 0.2) is 5.82 Å². The fourth-order valence-corrected chi connectivity index (χ4v) is 4.36. The minimum atomic E-state index is 0.438. The van der Waals surface area contributed by atoms with E-state index >= 15 is 0 Å². The molecule has 1 aromatic carbocycles. The van der Waals surface area contributed by atoms with E-state index in [9.17, 15) is 0 Å². The van der Waals surface area contributed by atoms with Gasteiger partial charge in [0.05, 0.1) is 0 Å². The Balaban J connectivity index is 1.44.